The third-order valence-electron chi connectivity index (χ3n) is 5.80. The number of hydrogen-bond acceptors (Lipinski definition) is 0. The zero-order valence-corrected chi connectivity index (χ0v) is 19.8. The van der Waals surface area contributed by atoms with Gasteiger partial charge in [0.2, 0.25) is 0 Å². The lowest BCUT2D eigenvalue weighted by Crippen LogP contribution is -3.00. The number of pyridine rings is 1. The maximum absolute atomic E-state index is 2.36. The Hall–Kier alpha value is -0.560. The van der Waals surface area contributed by atoms with Gasteiger partial charge in [0.1, 0.15) is 6.54 Å². The maximum Gasteiger partial charge on any atom is 0.169 e. The lowest BCUT2D eigenvalue weighted by atomic mass is 10.0. The van der Waals surface area contributed by atoms with Crippen LogP contribution in [0.4, 0.5) is 0 Å². The Morgan fingerprint density at radius 3 is 1.39 bits per heavy atom. The molecule has 0 unspecified atom stereocenters. The van der Waals surface area contributed by atoms with Crippen molar-refractivity contribution in [2.24, 2.45) is 0 Å². The summed E-state index contributed by atoms with van der Waals surface area (Å²) < 4.78 is 2.36. The van der Waals surface area contributed by atoms with Crippen LogP contribution < -0.4 is 17.0 Å². The molecular formula is C26H48ClN. The third-order valence-corrected chi connectivity index (χ3v) is 5.80. The van der Waals surface area contributed by atoms with E-state index in [2.05, 4.69) is 42.9 Å². The fourth-order valence-electron chi connectivity index (χ4n) is 3.87. The Labute approximate surface area is 183 Å². The first kappa shape index (κ1) is 27.4. The summed E-state index contributed by atoms with van der Waals surface area (Å²) >= 11 is 0. The molecule has 0 atom stereocenters. The van der Waals surface area contributed by atoms with E-state index in [1.54, 1.807) is 0 Å². The highest BCUT2D eigenvalue weighted by Crippen LogP contribution is 2.12. The molecule has 1 rings (SSSR count). The standard InChI is InChI=1S/C26H48N.ClH/c1-3-5-7-9-11-12-13-14-15-16-18-20-26-21-24-27(25-22-26)23-19-17-10-8-6-4-2;/h21-22,24-25H,3-20,23H2,1-2H3;1H/q+1;/p-1. The van der Waals surface area contributed by atoms with E-state index in [9.17, 15) is 0 Å². The molecule has 0 saturated heterocycles. The summed E-state index contributed by atoms with van der Waals surface area (Å²) in [7, 11) is 0. The van der Waals surface area contributed by atoms with Crippen molar-refractivity contribution in [3.63, 3.8) is 0 Å². The van der Waals surface area contributed by atoms with Crippen LogP contribution in [-0.4, -0.2) is 0 Å². The predicted octanol–water partition coefficient (Wildman–Crippen LogP) is 5.19. The minimum absolute atomic E-state index is 0. The molecule has 1 heterocycles. The molecule has 0 saturated carbocycles. The molecule has 0 bridgehead atoms. The second-order valence-electron chi connectivity index (χ2n) is 8.50. The van der Waals surface area contributed by atoms with Gasteiger partial charge in [0.05, 0.1) is 0 Å². The van der Waals surface area contributed by atoms with Crippen molar-refractivity contribution in [3.05, 3.63) is 30.1 Å². The van der Waals surface area contributed by atoms with Gasteiger partial charge >= 0.3 is 0 Å². The predicted molar refractivity (Wildman–Crippen MR) is 120 cm³/mol. The molecule has 0 aromatic carbocycles. The molecule has 1 aromatic rings. The first-order valence-electron chi connectivity index (χ1n) is 12.3. The van der Waals surface area contributed by atoms with Crippen LogP contribution in [0.15, 0.2) is 24.5 Å². The number of aromatic nitrogens is 1. The van der Waals surface area contributed by atoms with Crippen molar-refractivity contribution in [2.75, 3.05) is 0 Å². The summed E-state index contributed by atoms with van der Waals surface area (Å²) in [5, 5.41) is 0. The van der Waals surface area contributed by atoms with Gasteiger partial charge in [0.15, 0.2) is 12.4 Å². The molecule has 0 N–H and O–H groups in total. The van der Waals surface area contributed by atoms with E-state index in [-0.39, 0.29) is 12.4 Å². The van der Waals surface area contributed by atoms with Crippen LogP contribution in [0, 0.1) is 0 Å². The molecule has 0 spiro atoms. The van der Waals surface area contributed by atoms with E-state index in [4.69, 9.17) is 0 Å². The summed E-state index contributed by atoms with van der Waals surface area (Å²) in [5.41, 5.74) is 1.52. The molecule has 0 aliphatic carbocycles. The molecule has 164 valence electrons. The Morgan fingerprint density at radius 2 is 0.929 bits per heavy atom. The quantitative estimate of drug-likeness (QED) is 0.218. The molecule has 1 nitrogen and oxygen atoms in total. The molecule has 28 heavy (non-hydrogen) atoms. The first-order valence-corrected chi connectivity index (χ1v) is 12.3. The van der Waals surface area contributed by atoms with Gasteiger partial charge in [-0.15, -0.1) is 0 Å². The number of nitrogens with zero attached hydrogens (tertiary/aromatic N) is 1. The number of halogens is 1. The highest BCUT2D eigenvalue weighted by atomic mass is 35.5. The molecule has 0 amide bonds. The SMILES string of the molecule is CCCCCCCCCCCCCc1cc[n+](CCCCCCCC)cc1.[Cl-]. The molecule has 2 heteroatoms. The van der Waals surface area contributed by atoms with E-state index >= 15 is 0 Å². The Bertz CT molecular complexity index is 415. The number of aryl methyl sites for hydroxylation is 2. The number of hydrogen-bond donors (Lipinski definition) is 0. The van der Waals surface area contributed by atoms with E-state index in [0.29, 0.717) is 0 Å². The van der Waals surface area contributed by atoms with Crippen molar-refractivity contribution in [1.29, 1.82) is 0 Å². The van der Waals surface area contributed by atoms with Gasteiger partial charge in [0.25, 0.3) is 0 Å². The van der Waals surface area contributed by atoms with Gasteiger partial charge in [-0.1, -0.05) is 104 Å². The van der Waals surface area contributed by atoms with Crippen molar-refractivity contribution in [3.8, 4) is 0 Å². The second kappa shape index (κ2) is 21.2. The topological polar surface area (TPSA) is 3.88 Å². The van der Waals surface area contributed by atoms with Gasteiger partial charge in [-0.25, -0.2) is 4.57 Å². The van der Waals surface area contributed by atoms with E-state index in [1.165, 1.54) is 128 Å². The molecule has 0 fully saturated rings. The molecule has 0 aliphatic rings. The van der Waals surface area contributed by atoms with Crippen molar-refractivity contribution < 1.29 is 17.0 Å². The Morgan fingerprint density at radius 1 is 0.536 bits per heavy atom. The monoisotopic (exact) mass is 409 g/mol. The zero-order chi connectivity index (χ0) is 19.4. The number of rotatable bonds is 19. The largest absolute Gasteiger partial charge is 1.00 e. The highest BCUT2D eigenvalue weighted by Gasteiger charge is 2.01. The summed E-state index contributed by atoms with van der Waals surface area (Å²) in [6.45, 7) is 5.77. The minimum atomic E-state index is 0. The third kappa shape index (κ3) is 16.4. The van der Waals surface area contributed by atoms with Gasteiger partial charge in [-0.05, 0) is 24.8 Å². The van der Waals surface area contributed by atoms with Crippen LogP contribution in [0.1, 0.15) is 129 Å². The fourth-order valence-corrected chi connectivity index (χ4v) is 3.87. The van der Waals surface area contributed by atoms with E-state index in [1.807, 2.05) is 0 Å². The second-order valence-corrected chi connectivity index (χ2v) is 8.50. The smallest absolute Gasteiger partial charge is 0.169 e. The van der Waals surface area contributed by atoms with Gasteiger partial charge in [-0.2, -0.15) is 0 Å². The van der Waals surface area contributed by atoms with E-state index < -0.39 is 0 Å². The van der Waals surface area contributed by atoms with Crippen LogP contribution in [-0.2, 0) is 13.0 Å². The molecule has 1 aromatic heterocycles. The Balaban J connectivity index is 0.00000729. The summed E-state index contributed by atoms with van der Waals surface area (Å²) in [4.78, 5) is 0. The lowest BCUT2D eigenvalue weighted by molar-refractivity contribution is -0.697. The van der Waals surface area contributed by atoms with Crippen LogP contribution in [0.3, 0.4) is 0 Å². The van der Waals surface area contributed by atoms with Crippen molar-refractivity contribution in [2.45, 2.75) is 136 Å². The van der Waals surface area contributed by atoms with Crippen LogP contribution in [0.5, 0.6) is 0 Å². The van der Waals surface area contributed by atoms with Gasteiger partial charge in [0, 0.05) is 18.6 Å². The lowest BCUT2D eigenvalue weighted by Gasteiger charge is -2.03. The molecular weight excluding hydrogens is 362 g/mol. The van der Waals surface area contributed by atoms with Crippen LogP contribution in [0.25, 0.3) is 0 Å². The highest BCUT2D eigenvalue weighted by molar-refractivity contribution is 5.07. The average molecular weight is 410 g/mol. The van der Waals surface area contributed by atoms with Crippen molar-refractivity contribution >= 4 is 0 Å². The summed E-state index contributed by atoms with van der Waals surface area (Å²) in [5.74, 6) is 0. The molecule has 0 radical (unpaired) electrons. The minimum Gasteiger partial charge on any atom is -1.00 e. The average Bonchev–Trinajstić information content (AvgIpc) is 2.70. The fraction of sp³-hybridized carbons (Fsp3) is 0.808. The normalized spacial score (nSPS) is 10.8. The summed E-state index contributed by atoms with van der Waals surface area (Å²) in [6, 6.07) is 4.68. The van der Waals surface area contributed by atoms with Crippen LogP contribution >= 0.6 is 0 Å². The maximum atomic E-state index is 2.36. The zero-order valence-electron chi connectivity index (χ0n) is 19.1. The summed E-state index contributed by atoms with van der Waals surface area (Å²) in [6.07, 6.45) is 29.8. The number of unbranched alkanes of at least 4 members (excludes halogenated alkanes) is 15. The Kier molecular flexibility index (Phi) is 20.7. The van der Waals surface area contributed by atoms with Gasteiger partial charge in [-0.3, -0.25) is 0 Å². The van der Waals surface area contributed by atoms with Crippen molar-refractivity contribution in [1.82, 2.24) is 0 Å². The van der Waals surface area contributed by atoms with Crippen LogP contribution in [0.2, 0.25) is 0 Å². The first-order chi connectivity index (χ1) is 13.4. The van der Waals surface area contributed by atoms with Gasteiger partial charge < -0.3 is 12.4 Å². The van der Waals surface area contributed by atoms with E-state index in [0.717, 1.165) is 0 Å². The molecule has 0 aliphatic heterocycles.